The molecule has 0 unspecified atom stereocenters. The van der Waals surface area contributed by atoms with E-state index in [1.807, 2.05) is 38.3 Å². The van der Waals surface area contributed by atoms with Gasteiger partial charge in [-0.05, 0) is 58.6 Å². The molecule has 29 heavy (non-hydrogen) atoms. The van der Waals surface area contributed by atoms with E-state index < -0.39 is 0 Å². The van der Waals surface area contributed by atoms with Crippen LogP contribution in [0.5, 0.6) is 0 Å². The van der Waals surface area contributed by atoms with Gasteiger partial charge in [-0.25, -0.2) is 9.50 Å². The van der Waals surface area contributed by atoms with E-state index in [1.54, 1.807) is 11.3 Å². The van der Waals surface area contributed by atoms with Crippen molar-refractivity contribution in [3.8, 4) is 21.0 Å². The minimum absolute atomic E-state index is 0.463. The van der Waals surface area contributed by atoms with E-state index in [0.717, 1.165) is 62.3 Å². The molecule has 4 aromatic rings. The summed E-state index contributed by atoms with van der Waals surface area (Å²) in [6, 6.07) is 4.17. The minimum atomic E-state index is 0.463. The first-order valence-electron chi connectivity index (χ1n) is 9.95. The molecular weight excluding hydrogens is 404 g/mol. The van der Waals surface area contributed by atoms with Gasteiger partial charge in [0, 0.05) is 10.4 Å². The Hall–Kier alpha value is -2.18. The van der Waals surface area contributed by atoms with Crippen molar-refractivity contribution in [2.24, 2.45) is 0 Å². The lowest BCUT2D eigenvalue weighted by atomic mass is 9.95. The van der Waals surface area contributed by atoms with Gasteiger partial charge in [-0.15, -0.1) is 11.3 Å². The number of aromatic nitrogens is 4. The number of imidazole rings is 1. The Kier molecular flexibility index (Phi) is 5.25. The monoisotopic (exact) mass is 428 g/mol. The number of rotatable bonds is 5. The third-order valence-corrected chi connectivity index (χ3v) is 7.09. The number of nitrogens with zero attached hydrogens (tertiary/aromatic N) is 4. The second-order valence-corrected chi connectivity index (χ2v) is 8.98. The van der Waals surface area contributed by atoms with E-state index in [0.29, 0.717) is 10.9 Å². The van der Waals surface area contributed by atoms with Crippen molar-refractivity contribution in [1.29, 1.82) is 0 Å². The van der Waals surface area contributed by atoms with Crippen molar-refractivity contribution in [3.05, 3.63) is 45.6 Å². The molecule has 0 saturated carbocycles. The molecule has 4 heterocycles. The maximum absolute atomic E-state index is 6.72. The molecule has 0 atom stereocenters. The van der Waals surface area contributed by atoms with Gasteiger partial charge in [0.1, 0.15) is 11.5 Å². The van der Waals surface area contributed by atoms with Crippen LogP contribution >= 0.6 is 22.9 Å². The fourth-order valence-electron chi connectivity index (χ4n) is 4.06. The summed E-state index contributed by atoms with van der Waals surface area (Å²) >= 11 is 8.35. The van der Waals surface area contributed by atoms with Crippen molar-refractivity contribution in [2.45, 2.75) is 60.3 Å². The second kappa shape index (κ2) is 7.58. The van der Waals surface area contributed by atoms with Crippen molar-refractivity contribution in [1.82, 2.24) is 19.8 Å². The van der Waals surface area contributed by atoms with E-state index in [4.69, 9.17) is 26.2 Å². The fourth-order valence-corrected chi connectivity index (χ4v) is 5.71. The molecule has 0 amide bonds. The number of fused-ring (bicyclic) bond motifs is 1. The average Bonchev–Trinajstić information content (AvgIpc) is 3.30. The molecule has 5 nitrogen and oxygen atoms in total. The van der Waals surface area contributed by atoms with Crippen LogP contribution in [0, 0.1) is 27.7 Å². The Bertz CT molecular complexity index is 1180. The van der Waals surface area contributed by atoms with Gasteiger partial charge in [0.25, 0.3) is 0 Å². The Morgan fingerprint density at radius 1 is 1.10 bits per heavy atom. The van der Waals surface area contributed by atoms with Crippen LogP contribution < -0.4 is 0 Å². The molecule has 7 heteroatoms. The van der Waals surface area contributed by atoms with Crippen molar-refractivity contribution >= 4 is 28.6 Å². The molecule has 152 valence electrons. The van der Waals surface area contributed by atoms with Gasteiger partial charge in [0.2, 0.25) is 0 Å². The lowest BCUT2D eigenvalue weighted by molar-refractivity contribution is 0.393. The molecule has 0 aliphatic heterocycles. The van der Waals surface area contributed by atoms with Crippen LogP contribution in [0.2, 0.25) is 5.02 Å². The SMILES string of the molecule is CCC(CC)c1cc(C)nn2c(-c3sc(-c4c(C)noc4C)cc3Cl)c(C)nc12. The van der Waals surface area contributed by atoms with Gasteiger partial charge >= 0.3 is 0 Å². The molecule has 0 aromatic carbocycles. The number of thiophene rings is 1. The van der Waals surface area contributed by atoms with Crippen LogP contribution in [0.15, 0.2) is 16.7 Å². The predicted molar refractivity (Wildman–Crippen MR) is 119 cm³/mol. The molecular formula is C22H25ClN4OS. The molecule has 0 fully saturated rings. The quantitative estimate of drug-likeness (QED) is 0.346. The molecule has 0 aliphatic carbocycles. The fraction of sp³-hybridized carbons (Fsp3) is 0.409. The van der Waals surface area contributed by atoms with Gasteiger partial charge in [-0.2, -0.15) is 5.10 Å². The number of halogens is 1. The van der Waals surface area contributed by atoms with Crippen LogP contribution in [0.25, 0.3) is 26.7 Å². The highest BCUT2D eigenvalue weighted by atomic mass is 35.5. The van der Waals surface area contributed by atoms with Gasteiger partial charge in [-0.1, -0.05) is 30.6 Å². The lowest BCUT2D eigenvalue weighted by Gasteiger charge is -2.14. The van der Waals surface area contributed by atoms with E-state index >= 15 is 0 Å². The van der Waals surface area contributed by atoms with E-state index in [1.165, 1.54) is 5.56 Å². The summed E-state index contributed by atoms with van der Waals surface area (Å²) in [5.41, 5.74) is 6.95. The molecule has 4 rings (SSSR count). The molecule has 4 aromatic heterocycles. The van der Waals surface area contributed by atoms with Crippen LogP contribution in [0.4, 0.5) is 0 Å². The second-order valence-electron chi connectivity index (χ2n) is 7.52. The molecule has 0 spiro atoms. The number of hydrogen-bond donors (Lipinski definition) is 0. The molecule has 0 saturated heterocycles. The third kappa shape index (κ3) is 3.28. The van der Waals surface area contributed by atoms with Gasteiger partial charge < -0.3 is 4.52 Å². The Morgan fingerprint density at radius 2 is 1.83 bits per heavy atom. The highest BCUT2D eigenvalue weighted by Crippen LogP contribution is 2.44. The largest absolute Gasteiger partial charge is 0.361 e. The van der Waals surface area contributed by atoms with E-state index in [-0.39, 0.29) is 0 Å². The van der Waals surface area contributed by atoms with Crippen LogP contribution in [-0.2, 0) is 0 Å². The topological polar surface area (TPSA) is 56.2 Å². The van der Waals surface area contributed by atoms with Gasteiger partial charge in [0.15, 0.2) is 5.65 Å². The molecule has 0 N–H and O–H groups in total. The van der Waals surface area contributed by atoms with Gasteiger partial charge in [0.05, 0.1) is 32.5 Å². The first kappa shape index (κ1) is 20.1. The van der Waals surface area contributed by atoms with Crippen molar-refractivity contribution in [3.63, 3.8) is 0 Å². The standard InChI is InChI=1S/C22H25ClN4OS/c1-7-15(8-2)16-9-11(3)25-27-20(13(5)24-22(16)27)21-17(23)10-18(29-21)19-12(4)26-28-14(19)6/h9-10,15H,7-8H2,1-6H3. The predicted octanol–water partition coefficient (Wildman–Crippen LogP) is 6.90. The van der Waals surface area contributed by atoms with Crippen LogP contribution in [0.1, 0.15) is 61.0 Å². The van der Waals surface area contributed by atoms with Crippen molar-refractivity contribution in [2.75, 3.05) is 0 Å². The summed E-state index contributed by atoms with van der Waals surface area (Å²) < 4.78 is 7.33. The van der Waals surface area contributed by atoms with E-state index in [2.05, 4.69) is 25.1 Å². The third-order valence-electron chi connectivity index (χ3n) is 5.52. The summed E-state index contributed by atoms with van der Waals surface area (Å²) in [5, 5.41) is 9.58. The van der Waals surface area contributed by atoms with Crippen LogP contribution in [-0.4, -0.2) is 19.8 Å². The smallest absolute Gasteiger partial charge is 0.158 e. The number of aryl methyl sites for hydroxylation is 4. The van der Waals surface area contributed by atoms with E-state index in [9.17, 15) is 0 Å². The molecule has 0 bridgehead atoms. The highest BCUT2D eigenvalue weighted by Gasteiger charge is 2.24. The molecule has 0 aliphatic rings. The summed E-state index contributed by atoms with van der Waals surface area (Å²) in [6.45, 7) is 12.4. The lowest BCUT2D eigenvalue weighted by Crippen LogP contribution is -2.04. The first-order valence-corrected chi connectivity index (χ1v) is 11.1. The zero-order valence-corrected chi connectivity index (χ0v) is 19.2. The van der Waals surface area contributed by atoms with Gasteiger partial charge in [-0.3, -0.25) is 0 Å². The Labute approximate surface area is 179 Å². The number of hydrogen-bond acceptors (Lipinski definition) is 5. The maximum Gasteiger partial charge on any atom is 0.158 e. The summed E-state index contributed by atoms with van der Waals surface area (Å²) in [5.74, 6) is 1.26. The molecule has 0 radical (unpaired) electrons. The maximum atomic E-state index is 6.72. The minimum Gasteiger partial charge on any atom is -0.361 e. The zero-order valence-electron chi connectivity index (χ0n) is 17.6. The summed E-state index contributed by atoms with van der Waals surface area (Å²) in [7, 11) is 0. The Balaban J connectivity index is 1.95. The normalized spacial score (nSPS) is 11.9. The van der Waals surface area contributed by atoms with Crippen LogP contribution in [0.3, 0.4) is 0 Å². The first-order chi connectivity index (χ1) is 13.8. The average molecular weight is 429 g/mol. The highest BCUT2D eigenvalue weighted by molar-refractivity contribution is 7.19. The van der Waals surface area contributed by atoms with Crippen molar-refractivity contribution < 1.29 is 4.52 Å². The zero-order chi connectivity index (χ0) is 20.9. The summed E-state index contributed by atoms with van der Waals surface area (Å²) in [6.07, 6.45) is 2.15. The summed E-state index contributed by atoms with van der Waals surface area (Å²) in [4.78, 5) is 6.93. The Morgan fingerprint density at radius 3 is 2.45 bits per heavy atom.